The van der Waals surface area contributed by atoms with Crippen LogP contribution in [-0.4, -0.2) is 31.4 Å². The van der Waals surface area contributed by atoms with E-state index in [1.54, 1.807) is 31.2 Å². The molecule has 0 atom stereocenters. The first-order chi connectivity index (χ1) is 9.10. The van der Waals surface area contributed by atoms with Gasteiger partial charge in [0.25, 0.3) is 0 Å². The number of benzene rings is 1. The number of ether oxygens (including phenoxy) is 2. The maximum Gasteiger partial charge on any atom is 0.356 e. The molecule has 19 heavy (non-hydrogen) atoms. The molecule has 5 heteroatoms. The van der Waals surface area contributed by atoms with E-state index in [1.165, 1.54) is 7.11 Å². The number of carbonyl (C=O) groups is 2. The highest BCUT2D eigenvalue weighted by Crippen LogP contribution is 2.13. The largest absolute Gasteiger partial charge is 0.469 e. The van der Waals surface area contributed by atoms with Crippen LogP contribution in [0.3, 0.4) is 0 Å². The molecule has 0 unspecified atom stereocenters. The second kappa shape index (κ2) is 7.31. The van der Waals surface area contributed by atoms with E-state index in [0.29, 0.717) is 12.0 Å². The second-order valence-corrected chi connectivity index (χ2v) is 3.83. The van der Waals surface area contributed by atoms with Crippen LogP contribution < -0.4 is 0 Å². The van der Waals surface area contributed by atoms with Crippen molar-refractivity contribution < 1.29 is 19.1 Å². The van der Waals surface area contributed by atoms with Crippen LogP contribution in [0, 0.1) is 5.41 Å². The molecule has 0 bridgehead atoms. The Morgan fingerprint density at radius 3 is 2.58 bits per heavy atom. The summed E-state index contributed by atoms with van der Waals surface area (Å²) in [5.41, 5.74) is 1.05. The van der Waals surface area contributed by atoms with E-state index in [9.17, 15) is 9.59 Å². The third-order valence-electron chi connectivity index (χ3n) is 2.59. The summed E-state index contributed by atoms with van der Waals surface area (Å²) in [6.07, 6.45) is 0.633. The molecule has 0 heterocycles. The summed E-state index contributed by atoms with van der Waals surface area (Å²) < 4.78 is 9.38. The Kier molecular flexibility index (Phi) is 5.73. The average Bonchev–Trinajstić information content (AvgIpc) is 2.44. The van der Waals surface area contributed by atoms with Crippen molar-refractivity contribution in [1.82, 2.24) is 0 Å². The normalized spacial score (nSPS) is 9.79. The number of esters is 2. The van der Waals surface area contributed by atoms with Crippen molar-refractivity contribution in [3.05, 3.63) is 35.4 Å². The van der Waals surface area contributed by atoms with Gasteiger partial charge < -0.3 is 9.47 Å². The fraction of sp³-hybridized carbons (Fsp3) is 0.357. The first kappa shape index (κ1) is 14.9. The summed E-state index contributed by atoms with van der Waals surface area (Å²) in [5, 5.41) is 7.82. The third kappa shape index (κ3) is 4.21. The standard InChI is InChI=1S/C14H17NO4/c1-3-19-14(17)13(15)11-7-5-4-6-10(11)8-9-12(16)18-2/h4-7,15H,3,8-9H2,1-2H3. The smallest absolute Gasteiger partial charge is 0.356 e. The molecule has 0 fully saturated rings. The lowest BCUT2D eigenvalue weighted by Crippen LogP contribution is -2.19. The molecule has 0 radical (unpaired) electrons. The van der Waals surface area contributed by atoms with Crippen molar-refractivity contribution in [1.29, 1.82) is 5.41 Å². The average molecular weight is 263 g/mol. The van der Waals surface area contributed by atoms with Crippen LogP contribution in [0.5, 0.6) is 0 Å². The first-order valence-corrected chi connectivity index (χ1v) is 6.00. The van der Waals surface area contributed by atoms with Crippen molar-refractivity contribution in [3.8, 4) is 0 Å². The van der Waals surface area contributed by atoms with Crippen molar-refractivity contribution in [2.45, 2.75) is 19.8 Å². The summed E-state index contributed by atoms with van der Waals surface area (Å²) in [5.74, 6) is -0.981. The topological polar surface area (TPSA) is 76.5 Å². The van der Waals surface area contributed by atoms with Gasteiger partial charge in [-0.05, 0) is 18.9 Å². The van der Waals surface area contributed by atoms with Crippen molar-refractivity contribution in [2.75, 3.05) is 13.7 Å². The van der Waals surface area contributed by atoms with Crippen molar-refractivity contribution in [2.24, 2.45) is 0 Å². The number of nitrogens with one attached hydrogen (secondary N) is 1. The molecule has 0 aliphatic carbocycles. The monoisotopic (exact) mass is 263 g/mol. The van der Waals surface area contributed by atoms with Gasteiger partial charge in [0.15, 0.2) is 0 Å². The van der Waals surface area contributed by atoms with Gasteiger partial charge in [0.05, 0.1) is 13.7 Å². The fourth-order valence-electron chi connectivity index (χ4n) is 1.63. The van der Waals surface area contributed by atoms with Crippen molar-refractivity contribution in [3.63, 3.8) is 0 Å². The van der Waals surface area contributed by atoms with Crippen LogP contribution >= 0.6 is 0 Å². The van der Waals surface area contributed by atoms with Crippen LogP contribution in [0.25, 0.3) is 0 Å². The molecule has 0 amide bonds. The molecular weight excluding hydrogens is 246 g/mol. The minimum absolute atomic E-state index is 0.192. The van der Waals surface area contributed by atoms with E-state index < -0.39 is 5.97 Å². The predicted octanol–water partition coefficient (Wildman–Crippen LogP) is 1.72. The molecule has 1 aromatic rings. The Hall–Kier alpha value is -2.17. The molecule has 102 valence electrons. The maximum absolute atomic E-state index is 11.6. The van der Waals surface area contributed by atoms with Crippen molar-refractivity contribution >= 4 is 17.7 Å². The minimum atomic E-state index is -0.659. The Labute approximate surface area is 112 Å². The first-order valence-electron chi connectivity index (χ1n) is 6.00. The fourth-order valence-corrected chi connectivity index (χ4v) is 1.63. The molecule has 0 aliphatic rings. The van der Waals surface area contributed by atoms with Gasteiger partial charge in [0, 0.05) is 12.0 Å². The predicted molar refractivity (Wildman–Crippen MR) is 70.2 cm³/mol. The summed E-state index contributed by atoms with van der Waals surface area (Å²) in [6, 6.07) is 7.00. The van der Waals surface area contributed by atoms with E-state index in [4.69, 9.17) is 10.1 Å². The zero-order chi connectivity index (χ0) is 14.3. The summed E-state index contributed by atoms with van der Waals surface area (Å²) in [6.45, 7) is 1.92. The van der Waals surface area contributed by atoms with Gasteiger partial charge in [-0.25, -0.2) is 4.79 Å². The maximum atomic E-state index is 11.6. The molecule has 1 aromatic carbocycles. The minimum Gasteiger partial charge on any atom is -0.469 e. The van der Waals surface area contributed by atoms with Crippen LogP contribution in [-0.2, 0) is 25.5 Å². The van der Waals surface area contributed by atoms with Gasteiger partial charge in [-0.3, -0.25) is 10.2 Å². The van der Waals surface area contributed by atoms with Gasteiger partial charge in [-0.15, -0.1) is 0 Å². The number of aryl methyl sites for hydroxylation is 1. The summed E-state index contributed by atoms with van der Waals surface area (Å²) >= 11 is 0. The SMILES string of the molecule is CCOC(=O)C(=N)c1ccccc1CCC(=O)OC. The molecule has 0 aromatic heterocycles. The molecular formula is C14H17NO4. The molecule has 1 rings (SSSR count). The zero-order valence-electron chi connectivity index (χ0n) is 11.1. The van der Waals surface area contributed by atoms with Crippen LogP contribution in [0.1, 0.15) is 24.5 Å². The second-order valence-electron chi connectivity index (χ2n) is 3.83. The number of rotatable bonds is 6. The van der Waals surface area contributed by atoms with Gasteiger partial charge in [-0.2, -0.15) is 0 Å². The van der Waals surface area contributed by atoms with E-state index in [1.807, 2.05) is 0 Å². The Balaban J connectivity index is 2.86. The highest BCUT2D eigenvalue weighted by Gasteiger charge is 2.16. The molecule has 0 spiro atoms. The number of hydrogen-bond donors (Lipinski definition) is 1. The quantitative estimate of drug-likeness (QED) is 0.626. The van der Waals surface area contributed by atoms with E-state index in [-0.39, 0.29) is 24.7 Å². The van der Waals surface area contributed by atoms with Gasteiger partial charge in [0.1, 0.15) is 5.71 Å². The zero-order valence-corrected chi connectivity index (χ0v) is 11.1. The summed E-state index contributed by atoms with van der Waals surface area (Å²) in [4.78, 5) is 22.7. The number of hydrogen-bond acceptors (Lipinski definition) is 5. The van der Waals surface area contributed by atoms with E-state index in [2.05, 4.69) is 4.74 Å². The Morgan fingerprint density at radius 1 is 1.26 bits per heavy atom. The lowest BCUT2D eigenvalue weighted by Gasteiger charge is -2.09. The number of methoxy groups -OCH3 is 1. The van der Waals surface area contributed by atoms with Crippen LogP contribution in [0.2, 0.25) is 0 Å². The third-order valence-corrected chi connectivity index (χ3v) is 2.59. The van der Waals surface area contributed by atoms with Gasteiger partial charge >= 0.3 is 11.9 Å². The highest BCUT2D eigenvalue weighted by molar-refractivity contribution is 6.42. The van der Waals surface area contributed by atoms with Crippen LogP contribution in [0.4, 0.5) is 0 Å². The molecule has 1 N–H and O–H groups in total. The number of carbonyl (C=O) groups excluding carboxylic acids is 2. The van der Waals surface area contributed by atoms with Gasteiger partial charge in [-0.1, -0.05) is 24.3 Å². The summed E-state index contributed by atoms with van der Waals surface area (Å²) in [7, 11) is 1.33. The molecule has 0 saturated heterocycles. The lowest BCUT2D eigenvalue weighted by atomic mass is 9.99. The highest BCUT2D eigenvalue weighted by atomic mass is 16.5. The Bertz CT molecular complexity index is 482. The van der Waals surface area contributed by atoms with E-state index >= 15 is 0 Å². The lowest BCUT2D eigenvalue weighted by molar-refractivity contribution is -0.140. The van der Waals surface area contributed by atoms with Gasteiger partial charge in [0.2, 0.25) is 0 Å². The molecule has 0 aliphatic heterocycles. The van der Waals surface area contributed by atoms with E-state index in [0.717, 1.165) is 5.56 Å². The Morgan fingerprint density at radius 2 is 1.95 bits per heavy atom. The molecule has 5 nitrogen and oxygen atoms in total. The molecule has 0 saturated carbocycles. The van der Waals surface area contributed by atoms with Crippen LogP contribution in [0.15, 0.2) is 24.3 Å².